The van der Waals surface area contributed by atoms with Gasteiger partial charge in [0.15, 0.2) is 0 Å². The van der Waals surface area contributed by atoms with Crippen molar-refractivity contribution in [2.75, 3.05) is 0 Å². The van der Waals surface area contributed by atoms with E-state index in [1.807, 2.05) is 0 Å². The minimum Gasteiger partial charge on any atom is -0.324 e. The van der Waals surface area contributed by atoms with Crippen molar-refractivity contribution in [2.24, 2.45) is 11.7 Å². The van der Waals surface area contributed by atoms with Crippen molar-refractivity contribution in [1.82, 2.24) is 0 Å². The van der Waals surface area contributed by atoms with Gasteiger partial charge in [0.25, 0.3) is 0 Å². The third-order valence-electron chi connectivity index (χ3n) is 2.47. The molecule has 2 atom stereocenters. The number of nitrogens with two attached hydrogens (primary N) is 1. The zero-order chi connectivity index (χ0) is 7.68. The second-order valence-corrected chi connectivity index (χ2v) is 3.22. The average Bonchev–Trinajstić information content (AvgIpc) is 2.06. The molecule has 0 aromatic heterocycles. The summed E-state index contributed by atoms with van der Waals surface area (Å²) in [6, 6.07) is 0.250. The van der Waals surface area contributed by atoms with Gasteiger partial charge < -0.3 is 5.73 Å². The number of fused-ring (bicyclic) bond motifs is 1. The van der Waals surface area contributed by atoms with Gasteiger partial charge in [0.2, 0.25) is 0 Å². The zero-order valence-corrected chi connectivity index (χ0v) is 6.53. The molecule has 1 nitrogen and oxygen atoms in total. The molecule has 2 rings (SSSR count). The van der Waals surface area contributed by atoms with Crippen LogP contribution in [0.15, 0.2) is 36.0 Å². The molecule has 2 N–H and O–H groups in total. The summed E-state index contributed by atoms with van der Waals surface area (Å²) in [5, 5.41) is 0. The lowest BCUT2D eigenvalue weighted by molar-refractivity contribution is 0.503. The van der Waals surface area contributed by atoms with Gasteiger partial charge in [-0.2, -0.15) is 0 Å². The maximum Gasteiger partial charge on any atom is 0.0296 e. The molecule has 2 unspecified atom stereocenters. The van der Waals surface area contributed by atoms with Crippen molar-refractivity contribution in [3.05, 3.63) is 36.0 Å². The maximum absolute atomic E-state index is 5.93. The summed E-state index contributed by atoms with van der Waals surface area (Å²) in [5.74, 6) is 0.588. The SMILES string of the molecule is NC1C=CC=C2C=CCCC21. The quantitative estimate of drug-likeness (QED) is 0.555. The molecule has 2 aliphatic carbocycles. The number of allylic oxidation sites excluding steroid dienone is 4. The fraction of sp³-hybridized carbons (Fsp3) is 0.400. The van der Waals surface area contributed by atoms with Gasteiger partial charge in [-0.25, -0.2) is 0 Å². The zero-order valence-electron chi connectivity index (χ0n) is 6.53. The minimum atomic E-state index is 0.250. The van der Waals surface area contributed by atoms with Crippen LogP contribution < -0.4 is 5.73 Å². The Bertz CT molecular complexity index is 235. The van der Waals surface area contributed by atoms with Gasteiger partial charge in [0.05, 0.1) is 0 Å². The molecule has 0 aromatic carbocycles. The molecule has 11 heavy (non-hydrogen) atoms. The number of hydrogen-bond acceptors (Lipinski definition) is 1. The Balaban J connectivity index is 2.29. The highest BCUT2D eigenvalue weighted by Gasteiger charge is 2.21. The molecule has 0 spiro atoms. The lowest BCUT2D eigenvalue weighted by atomic mass is 9.81. The molecule has 0 saturated heterocycles. The van der Waals surface area contributed by atoms with E-state index < -0.39 is 0 Å². The molecule has 0 heterocycles. The van der Waals surface area contributed by atoms with Crippen LogP contribution in [0.4, 0.5) is 0 Å². The molecular formula is C10H13N. The second-order valence-electron chi connectivity index (χ2n) is 3.22. The average molecular weight is 147 g/mol. The lowest BCUT2D eigenvalue weighted by Gasteiger charge is -2.27. The predicted octanol–water partition coefficient (Wildman–Crippen LogP) is 1.78. The summed E-state index contributed by atoms with van der Waals surface area (Å²) in [7, 11) is 0. The van der Waals surface area contributed by atoms with E-state index >= 15 is 0 Å². The normalized spacial score (nSPS) is 34.8. The van der Waals surface area contributed by atoms with E-state index in [0.717, 1.165) is 0 Å². The van der Waals surface area contributed by atoms with Crippen LogP contribution >= 0.6 is 0 Å². The van der Waals surface area contributed by atoms with Crippen LogP contribution in [0.25, 0.3) is 0 Å². The highest BCUT2D eigenvalue weighted by atomic mass is 14.6. The Morgan fingerprint density at radius 2 is 2.36 bits per heavy atom. The highest BCUT2D eigenvalue weighted by Crippen LogP contribution is 2.29. The molecule has 0 bridgehead atoms. The molecule has 1 heteroatoms. The van der Waals surface area contributed by atoms with E-state index in [1.54, 1.807) is 0 Å². The van der Waals surface area contributed by atoms with E-state index in [2.05, 4.69) is 30.4 Å². The van der Waals surface area contributed by atoms with Gasteiger partial charge >= 0.3 is 0 Å². The molecule has 58 valence electrons. The summed E-state index contributed by atoms with van der Waals surface area (Å²) in [6.07, 6.45) is 13.2. The molecule has 0 aliphatic heterocycles. The van der Waals surface area contributed by atoms with Crippen LogP contribution in [-0.4, -0.2) is 6.04 Å². The maximum atomic E-state index is 5.93. The van der Waals surface area contributed by atoms with Gasteiger partial charge in [-0.3, -0.25) is 0 Å². The van der Waals surface area contributed by atoms with E-state index in [-0.39, 0.29) is 6.04 Å². The third-order valence-corrected chi connectivity index (χ3v) is 2.47. The summed E-state index contributed by atoms with van der Waals surface area (Å²) >= 11 is 0. The van der Waals surface area contributed by atoms with E-state index in [1.165, 1.54) is 18.4 Å². The molecule has 0 saturated carbocycles. The van der Waals surface area contributed by atoms with Crippen LogP contribution in [0, 0.1) is 5.92 Å². The minimum absolute atomic E-state index is 0.250. The number of rotatable bonds is 0. The van der Waals surface area contributed by atoms with Gasteiger partial charge in [-0.05, 0) is 18.4 Å². The van der Waals surface area contributed by atoms with Crippen molar-refractivity contribution >= 4 is 0 Å². The van der Waals surface area contributed by atoms with Crippen molar-refractivity contribution in [3.63, 3.8) is 0 Å². The standard InChI is InChI=1S/C10H13N/c11-10-7-3-5-8-4-1-2-6-9(8)10/h1,3-5,7,9-10H,2,6,11H2. The van der Waals surface area contributed by atoms with Crippen LogP contribution in [0.2, 0.25) is 0 Å². The first kappa shape index (κ1) is 6.86. The van der Waals surface area contributed by atoms with E-state index in [9.17, 15) is 0 Å². The molecule has 0 fully saturated rings. The fourth-order valence-corrected chi connectivity index (χ4v) is 1.81. The van der Waals surface area contributed by atoms with Gasteiger partial charge in [0, 0.05) is 12.0 Å². The Labute approximate surface area is 67.3 Å². The lowest BCUT2D eigenvalue weighted by Crippen LogP contribution is -2.31. The molecule has 2 aliphatic rings. The first-order valence-electron chi connectivity index (χ1n) is 4.18. The van der Waals surface area contributed by atoms with Crippen molar-refractivity contribution in [1.29, 1.82) is 0 Å². The summed E-state index contributed by atoms with van der Waals surface area (Å²) in [5.41, 5.74) is 7.34. The molecule has 0 aromatic rings. The summed E-state index contributed by atoms with van der Waals surface area (Å²) < 4.78 is 0. The monoisotopic (exact) mass is 147 g/mol. The van der Waals surface area contributed by atoms with E-state index in [0.29, 0.717) is 5.92 Å². The first-order chi connectivity index (χ1) is 5.38. The molecule has 0 amide bonds. The Morgan fingerprint density at radius 1 is 1.45 bits per heavy atom. The Hall–Kier alpha value is -0.820. The Kier molecular flexibility index (Phi) is 1.66. The van der Waals surface area contributed by atoms with Crippen LogP contribution in [-0.2, 0) is 0 Å². The largest absolute Gasteiger partial charge is 0.324 e. The topological polar surface area (TPSA) is 26.0 Å². The van der Waals surface area contributed by atoms with Gasteiger partial charge in [-0.15, -0.1) is 0 Å². The highest BCUT2D eigenvalue weighted by molar-refractivity contribution is 5.34. The summed E-state index contributed by atoms with van der Waals surface area (Å²) in [4.78, 5) is 0. The van der Waals surface area contributed by atoms with Crippen molar-refractivity contribution in [3.8, 4) is 0 Å². The van der Waals surface area contributed by atoms with Crippen LogP contribution in [0.5, 0.6) is 0 Å². The smallest absolute Gasteiger partial charge is 0.0296 e. The number of hydrogen-bond donors (Lipinski definition) is 1. The van der Waals surface area contributed by atoms with Crippen LogP contribution in [0.3, 0.4) is 0 Å². The third kappa shape index (κ3) is 1.16. The van der Waals surface area contributed by atoms with Gasteiger partial charge in [-0.1, -0.05) is 30.4 Å². The molecular weight excluding hydrogens is 134 g/mol. The van der Waals surface area contributed by atoms with Gasteiger partial charge in [0.1, 0.15) is 0 Å². The summed E-state index contributed by atoms with van der Waals surface area (Å²) in [6.45, 7) is 0. The van der Waals surface area contributed by atoms with E-state index in [4.69, 9.17) is 5.73 Å². The first-order valence-corrected chi connectivity index (χ1v) is 4.18. The Morgan fingerprint density at radius 3 is 3.18 bits per heavy atom. The van der Waals surface area contributed by atoms with Crippen molar-refractivity contribution in [2.45, 2.75) is 18.9 Å². The van der Waals surface area contributed by atoms with Crippen molar-refractivity contribution < 1.29 is 0 Å². The van der Waals surface area contributed by atoms with Crippen LogP contribution in [0.1, 0.15) is 12.8 Å². The predicted molar refractivity (Wildman–Crippen MR) is 47.1 cm³/mol. The second kappa shape index (κ2) is 2.67. The molecule has 0 radical (unpaired) electrons. The fourth-order valence-electron chi connectivity index (χ4n) is 1.81.